The summed E-state index contributed by atoms with van der Waals surface area (Å²) in [5, 5.41) is 0. The van der Waals surface area contributed by atoms with Gasteiger partial charge in [0, 0.05) is 11.4 Å². The van der Waals surface area contributed by atoms with Crippen LogP contribution in [0.4, 0.5) is 11.4 Å². The van der Waals surface area contributed by atoms with Crippen LogP contribution in [0.15, 0.2) is 36.4 Å². The lowest BCUT2D eigenvalue weighted by atomic mass is 9.67. The Bertz CT molecular complexity index is 1080. The molecule has 5 rings (SSSR count). The van der Waals surface area contributed by atoms with Crippen molar-refractivity contribution in [3.8, 4) is 11.5 Å². The second-order valence-electron chi connectivity index (χ2n) is 10.7. The smallest absolute Gasteiger partial charge is 0.343 e. The van der Waals surface area contributed by atoms with Gasteiger partial charge in [-0.25, -0.2) is 4.79 Å². The van der Waals surface area contributed by atoms with Crippen LogP contribution in [0.5, 0.6) is 11.5 Å². The first-order valence-corrected chi connectivity index (χ1v) is 12.5. The molecule has 6 nitrogen and oxygen atoms in total. The second kappa shape index (κ2) is 8.97. The number of ether oxygens (including phenoxy) is 2. The Labute approximate surface area is 201 Å². The van der Waals surface area contributed by atoms with Crippen LogP contribution in [-0.2, 0) is 0 Å². The summed E-state index contributed by atoms with van der Waals surface area (Å²) >= 11 is 0. The van der Waals surface area contributed by atoms with Gasteiger partial charge in [-0.3, -0.25) is 4.79 Å². The van der Waals surface area contributed by atoms with Crippen molar-refractivity contribution in [2.45, 2.75) is 70.3 Å². The molecule has 0 radical (unpaired) electrons. The van der Waals surface area contributed by atoms with E-state index in [1.807, 2.05) is 0 Å². The number of Topliss-reactive ketones (excluding diaryl/α,β-unsaturated/α-hetero) is 1. The van der Waals surface area contributed by atoms with E-state index in [1.54, 1.807) is 24.3 Å². The molecular weight excluding hydrogens is 428 g/mol. The molecule has 180 valence electrons. The fraction of sp³-hybridized carbons (Fsp3) is 0.500. The maximum atomic E-state index is 13.1. The topological polar surface area (TPSA) is 105 Å². The summed E-state index contributed by atoms with van der Waals surface area (Å²) in [4.78, 5) is 25.7. The molecule has 2 aromatic rings. The zero-order valence-electron chi connectivity index (χ0n) is 19.8. The second-order valence-corrected chi connectivity index (χ2v) is 10.7. The molecule has 0 bridgehead atoms. The van der Waals surface area contributed by atoms with Crippen LogP contribution in [0.25, 0.3) is 0 Å². The van der Waals surface area contributed by atoms with Crippen molar-refractivity contribution >= 4 is 23.1 Å². The quantitative estimate of drug-likeness (QED) is 0.340. The molecular formula is C28H34N2O4. The molecule has 4 N–H and O–H groups in total. The average Bonchev–Trinajstić information content (AvgIpc) is 2.80. The van der Waals surface area contributed by atoms with Gasteiger partial charge in [-0.15, -0.1) is 0 Å². The van der Waals surface area contributed by atoms with E-state index in [0.717, 1.165) is 43.4 Å². The van der Waals surface area contributed by atoms with Gasteiger partial charge in [-0.2, -0.15) is 0 Å². The van der Waals surface area contributed by atoms with E-state index in [2.05, 4.69) is 6.92 Å². The van der Waals surface area contributed by atoms with E-state index in [4.69, 9.17) is 20.9 Å². The lowest BCUT2D eigenvalue weighted by molar-refractivity contribution is -0.00912. The third kappa shape index (κ3) is 4.63. The van der Waals surface area contributed by atoms with E-state index in [9.17, 15) is 9.59 Å². The van der Waals surface area contributed by atoms with Crippen molar-refractivity contribution in [1.29, 1.82) is 0 Å². The van der Waals surface area contributed by atoms with Gasteiger partial charge in [0.2, 0.25) is 0 Å². The first-order valence-electron chi connectivity index (χ1n) is 12.5. The Morgan fingerprint density at radius 1 is 0.941 bits per heavy atom. The van der Waals surface area contributed by atoms with Crippen LogP contribution in [0.2, 0.25) is 0 Å². The summed E-state index contributed by atoms with van der Waals surface area (Å²) in [7, 11) is 0. The number of benzene rings is 2. The molecule has 2 fully saturated rings. The summed E-state index contributed by atoms with van der Waals surface area (Å²) in [5.74, 6) is 2.85. The molecule has 3 aliphatic rings. The third-order valence-corrected chi connectivity index (χ3v) is 8.15. The number of ketones is 1. The minimum Gasteiger partial charge on any atom is -0.486 e. The Morgan fingerprint density at radius 3 is 2.26 bits per heavy atom. The van der Waals surface area contributed by atoms with Gasteiger partial charge in [0.1, 0.15) is 17.1 Å². The van der Waals surface area contributed by atoms with Crippen molar-refractivity contribution in [3.05, 3.63) is 47.5 Å². The minimum atomic E-state index is -0.574. The normalized spacial score (nSPS) is 28.7. The van der Waals surface area contributed by atoms with E-state index in [-0.39, 0.29) is 16.9 Å². The number of anilines is 2. The molecule has 0 saturated heterocycles. The van der Waals surface area contributed by atoms with E-state index >= 15 is 0 Å². The number of hydrogen-bond donors (Lipinski definition) is 2. The standard InChI is InChI=1S/C28H34N2O4/c1-17-2-4-18(5-3-17)19-8-10-28(11-9-19)16-25(31)24-15-23(6-7-26(24)34-28)33-27(32)20-12-21(29)14-22(30)13-20/h6-7,12-15,17-19H,2-5,8-11,16,29-30H2,1H3. The summed E-state index contributed by atoms with van der Waals surface area (Å²) in [6, 6.07) is 9.63. The van der Waals surface area contributed by atoms with Gasteiger partial charge in [-0.05, 0) is 92.7 Å². The number of rotatable bonds is 3. The number of carbonyl (C=O) groups excluding carboxylic acids is 2. The maximum absolute atomic E-state index is 13.1. The lowest BCUT2D eigenvalue weighted by Gasteiger charge is -2.45. The van der Waals surface area contributed by atoms with Crippen molar-refractivity contribution in [1.82, 2.24) is 0 Å². The Balaban J connectivity index is 1.25. The van der Waals surface area contributed by atoms with Crippen molar-refractivity contribution in [2.24, 2.45) is 17.8 Å². The summed E-state index contributed by atoms with van der Waals surface area (Å²) in [5.41, 5.74) is 12.7. The summed E-state index contributed by atoms with van der Waals surface area (Å²) in [6.07, 6.45) is 9.94. The number of fused-ring (bicyclic) bond motifs is 1. The van der Waals surface area contributed by atoms with Crippen LogP contribution in [-0.4, -0.2) is 17.4 Å². The number of esters is 1. The molecule has 34 heavy (non-hydrogen) atoms. The Hall–Kier alpha value is -3.02. The van der Waals surface area contributed by atoms with Crippen molar-refractivity contribution < 1.29 is 19.1 Å². The molecule has 0 amide bonds. The van der Waals surface area contributed by atoms with Crippen LogP contribution in [0, 0.1) is 17.8 Å². The van der Waals surface area contributed by atoms with Gasteiger partial charge in [0.15, 0.2) is 5.78 Å². The number of carbonyl (C=O) groups is 2. The highest BCUT2D eigenvalue weighted by atomic mass is 16.5. The molecule has 1 aliphatic heterocycles. The molecule has 2 aliphatic carbocycles. The number of nitrogen functional groups attached to an aromatic ring is 2. The largest absolute Gasteiger partial charge is 0.486 e. The predicted molar refractivity (Wildman–Crippen MR) is 132 cm³/mol. The number of nitrogens with two attached hydrogens (primary N) is 2. The van der Waals surface area contributed by atoms with E-state index in [1.165, 1.54) is 37.8 Å². The Morgan fingerprint density at radius 2 is 1.59 bits per heavy atom. The zero-order valence-corrected chi connectivity index (χ0v) is 19.8. The van der Waals surface area contributed by atoms with Crippen LogP contribution in [0.3, 0.4) is 0 Å². The van der Waals surface area contributed by atoms with Gasteiger partial charge >= 0.3 is 5.97 Å². The van der Waals surface area contributed by atoms with E-state index in [0.29, 0.717) is 34.9 Å². The average molecular weight is 463 g/mol. The third-order valence-electron chi connectivity index (χ3n) is 8.15. The van der Waals surface area contributed by atoms with Crippen LogP contribution < -0.4 is 20.9 Å². The highest BCUT2D eigenvalue weighted by molar-refractivity contribution is 6.01. The highest BCUT2D eigenvalue weighted by Crippen LogP contribution is 2.47. The summed E-state index contributed by atoms with van der Waals surface area (Å²) < 4.78 is 12.0. The summed E-state index contributed by atoms with van der Waals surface area (Å²) in [6.45, 7) is 2.37. The molecule has 2 saturated carbocycles. The highest BCUT2D eigenvalue weighted by Gasteiger charge is 2.44. The molecule has 2 aromatic carbocycles. The molecule has 0 atom stereocenters. The maximum Gasteiger partial charge on any atom is 0.343 e. The first kappa shape index (κ1) is 22.8. The predicted octanol–water partition coefficient (Wildman–Crippen LogP) is 5.79. The van der Waals surface area contributed by atoms with Gasteiger partial charge in [0.05, 0.1) is 17.5 Å². The Kier molecular flexibility index (Phi) is 6.00. The molecule has 1 spiro atoms. The van der Waals surface area contributed by atoms with Gasteiger partial charge in [-0.1, -0.05) is 19.8 Å². The first-order chi connectivity index (χ1) is 16.3. The SMILES string of the molecule is CC1CCC(C2CCC3(CC2)CC(=O)c2cc(OC(=O)c4cc(N)cc(N)c4)ccc2O3)CC1. The van der Waals surface area contributed by atoms with Gasteiger partial charge in [0.25, 0.3) is 0 Å². The van der Waals surface area contributed by atoms with Crippen LogP contribution in [0.1, 0.15) is 85.4 Å². The minimum absolute atomic E-state index is 0.0530. The monoisotopic (exact) mass is 462 g/mol. The van der Waals surface area contributed by atoms with E-state index < -0.39 is 5.97 Å². The fourth-order valence-electron chi connectivity index (χ4n) is 6.17. The molecule has 6 heteroatoms. The molecule has 1 heterocycles. The molecule has 0 aromatic heterocycles. The lowest BCUT2D eigenvalue weighted by Crippen LogP contribution is -2.45. The van der Waals surface area contributed by atoms with Crippen molar-refractivity contribution in [2.75, 3.05) is 11.5 Å². The fourth-order valence-corrected chi connectivity index (χ4v) is 6.17. The molecule has 0 unspecified atom stereocenters. The van der Waals surface area contributed by atoms with Crippen LogP contribution >= 0.6 is 0 Å². The van der Waals surface area contributed by atoms with Gasteiger partial charge < -0.3 is 20.9 Å². The number of hydrogen-bond acceptors (Lipinski definition) is 6. The van der Waals surface area contributed by atoms with Crippen molar-refractivity contribution in [3.63, 3.8) is 0 Å². The zero-order chi connectivity index (χ0) is 23.9.